The Morgan fingerprint density at radius 3 is 2.39 bits per heavy atom. The van der Waals surface area contributed by atoms with Gasteiger partial charge in [0.2, 0.25) is 0 Å². The Kier molecular flexibility index (Phi) is 2.30. The molecule has 0 amide bonds. The Hall–Kier alpha value is -1.11. The predicted octanol–water partition coefficient (Wildman–Crippen LogP) is 3.95. The molecule has 0 saturated heterocycles. The first-order valence-electron chi connectivity index (χ1n) is 7.02. The molecule has 18 heavy (non-hydrogen) atoms. The summed E-state index contributed by atoms with van der Waals surface area (Å²) in [5, 5.41) is 0. The molecule has 0 aromatic heterocycles. The van der Waals surface area contributed by atoms with Crippen molar-refractivity contribution in [1.29, 1.82) is 0 Å². The molecule has 1 aromatic carbocycles. The third-order valence-electron chi connectivity index (χ3n) is 5.10. The Balaban J connectivity index is 2.33. The van der Waals surface area contributed by atoms with Gasteiger partial charge >= 0.3 is 0 Å². The summed E-state index contributed by atoms with van der Waals surface area (Å²) in [7, 11) is 0. The largest absolute Gasteiger partial charge is 0.298 e. The molecule has 0 bridgehead atoms. The fourth-order valence-electron chi connectivity index (χ4n) is 3.95. The van der Waals surface area contributed by atoms with Crippen molar-refractivity contribution in [2.24, 2.45) is 0 Å². The smallest absolute Gasteiger partial charge is 0.150 e. The van der Waals surface area contributed by atoms with E-state index in [1.165, 1.54) is 35.1 Å². The second-order valence-electron chi connectivity index (χ2n) is 7.24. The van der Waals surface area contributed by atoms with E-state index in [1.54, 1.807) is 0 Å². The lowest BCUT2D eigenvalue weighted by atomic mass is 9.79. The van der Waals surface area contributed by atoms with Crippen LogP contribution in [0.2, 0.25) is 0 Å². The Labute approximate surface area is 110 Å². The first-order chi connectivity index (χ1) is 8.37. The maximum Gasteiger partial charge on any atom is 0.150 e. The monoisotopic (exact) mass is 242 g/mol. The molecule has 0 N–H and O–H groups in total. The summed E-state index contributed by atoms with van der Waals surface area (Å²) >= 11 is 0. The molecule has 2 aliphatic carbocycles. The van der Waals surface area contributed by atoms with E-state index in [4.69, 9.17) is 0 Å². The maximum absolute atomic E-state index is 11.6. The standard InChI is InChI=1S/C17H22O/c1-16(2)8-6-12-13(10-18)15-11(9-14(12)16)5-7-17(15,3)4/h9-10H,5-8H2,1-4H3. The van der Waals surface area contributed by atoms with Crippen LogP contribution in [0.25, 0.3) is 0 Å². The minimum Gasteiger partial charge on any atom is -0.298 e. The van der Waals surface area contributed by atoms with E-state index < -0.39 is 0 Å². The molecule has 96 valence electrons. The van der Waals surface area contributed by atoms with Crippen molar-refractivity contribution in [3.63, 3.8) is 0 Å². The lowest BCUT2D eigenvalue weighted by Crippen LogP contribution is -2.17. The summed E-state index contributed by atoms with van der Waals surface area (Å²) in [6.45, 7) is 9.16. The SMILES string of the molecule is CC1(C)CCc2c1cc1c(c2C=O)C(C)(C)CC1. The van der Waals surface area contributed by atoms with Gasteiger partial charge in [-0.05, 0) is 58.8 Å². The van der Waals surface area contributed by atoms with E-state index in [9.17, 15) is 4.79 Å². The fourth-order valence-corrected chi connectivity index (χ4v) is 3.95. The van der Waals surface area contributed by atoms with Crippen molar-refractivity contribution in [2.45, 2.75) is 64.2 Å². The van der Waals surface area contributed by atoms with Gasteiger partial charge in [0.1, 0.15) is 0 Å². The van der Waals surface area contributed by atoms with Crippen LogP contribution in [0.4, 0.5) is 0 Å². The molecule has 0 spiro atoms. The lowest BCUT2D eigenvalue weighted by Gasteiger charge is -2.24. The summed E-state index contributed by atoms with van der Waals surface area (Å²) in [4.78, 5) is 11.6. The zero-order chi connectivity index (χ0) is 13.1. The summed E-state index contributed by atoms with van der Waals surface area (Å²) in [6, 6.07) is 2.40. The molecule has 0 atom stereocenters. The topological polar surface area (TPSA) is 17.1 Å². The summed E-state index contributed by atoms with van der Waals surface area (Å²) < 4.78 is 0. The second kappa shape index (κ2) is 3.46. The molecule has 0 radical (unpaired) electrons. The van der Waals surface area contributed by atoms with Crippen LogP contribution < -0.4 is 0 Å². The van der Waals surface area contributed by atoms with Crippen LogP contribution in [0.15, 0.2) is 6.07 Å². The van der Waals surface area contributed by atoms with Crippen LogP contribution in [0.1, 0.15) is 73.1 Å². The average Bonchev–Trinajstić information content (AvgIpc) is 2.76. The van der Waals surface area contributed by atoms with Gasteiger partial charge < -0.3 is 0 Å². The zero-order valence-corrected chi connectivity index (χ0v) is 11.9. The van der Waals surface area contributed by atoms with Crippen LogP contribution >= 0.6 is 0 Å². The van der Waals surface area contributed by atoms with Crippen molar-refractivity contribution in [1.82, 2.24) is 0 Å². The number of benzene rings is 1. The van der Waals surface area contributed by atoms with E-state index in [2.05, 4.69) is 33.8 Å². The van der Waals surface area contributed by atoms with E-state index in [0.717, 1.165) is 24.7 Å². The molecule has 1 aromatic rings. The third kappa shape index (κ3) is 1.43. The Morgan fingerprint density at radius 2 is 1.72 bits per heavy atom. The van der Waals surface area contributed by atoms with Gasteiger partial charge in [-0.25, -0.2) is 0 Å². The van der Waals surface area contributed by atoms with Gasteiger partial charge in [0.25, 0.3) is 0 Å². The number of carbonyl (C=O) groups is 1. The van der Waals surface area contributed by atoms with Crippen LogP contribution in [0.5, 0.6) is 0 Å². The third-order valence-corrected chi connectivity index (χ3v) is 5.10. The van der Waals surface area contributed by atoms with Crippen molar-refractivity contribution in [2.75, 3.05) is 0 Å². The minimum absolute atomic E-state index is 0.174. The number of rotatable bonds is 1. The van der Waals surface area contributed by atoms with Crippen molar-refractivity contribution in [3.05, 3.63) is 33.9 Å². The molecule has 0 heterocycles. The van der Waals surface area contributed by atoms with Gasteiger partial charge in [-0.15, -0.1) is 0 Å². The van der Waals surface area contributed by atoms with Crippen LogP contribution in [-0.4, -0.2) is 6.29 Å². The van der Waals surface area contributed by atoms with E-state index in [0.29, 0.717) is 0 Å². The fraction of sp³-hybridized carbons (Fsp3) is 0.588. The van der Waals surface area contributed by atoms with Crippen LogP contribution in [0, 0.1) is 0 Å². The highest BCUT2D eigenvalue weighted by atomic mass is 16.1. The number of hydrogen-bond acceptors (Lipinski definition) is 1. The van der Waals surface area contributed by atoms with Crippen molar-refractivity contribution in [3.8, 4) is 0 Å². The molecule has 0 unspecified atom stereocenters. The zero-order valence-electron chi connectivity index (χ0n) is 11.9. The Bertz CT molecular complexity index is 535. The number of carbonyl (C=O) groups excluding carboxylic acids is 1. The van der Waals surface area contributed by atoms with Gasteiger partial charge in [0.15, 0.2) is 6.29 Å². The molecule has 0 fully saturated rings. The highest BCUT2D eigenvalue weighted by Crippen LogP contribution is 2.47. The highest BCUT2D eigenvalue weighted by molar-refractivity contribution is 5.83. The number of hydrogen-bond donors (Lipinski definition) is 0. The lowest BCUT2D eigenvalue weighted by molar-refractivity contribution is 0.112. The maximum atomic E-state index is 11.6. The number of aryl methyl sites for hydroxylation is 1. The van der Waals surface area contributed by atoms with E-state index >= 15 is 0 Å². The quantitative estimate of drug-likeness (QED) is 0.682. The van der Waals surface area contributed by atoms with E-state index in [1.807, 2.05) is 0 Å². The van der Waals surface area contributed by atoms with Crippen LogP contribution in [0.3, 0.4) is 0 Å². The van der Waals surface area contributed by atoms with Gasteiger partial charge in [-0.2, -0.15) is 0 Å². The molecule has 0 aliphatic heterocycles. The Morgan fingerprint density at radius 1 is 1.06 bits per heavy atom. The first kappa shape index (κ1) is 12.0. The van der Waals surface area contributed by atoms with Gasteiger partial charge in [-0.1, -0.05) is 33.8 Å². The molecule has 2 aliphatic rings. The summed E-state index contributed by atoms with van der Waals surface area (Å²) in [6.07, 6.45) is 5.66. The number of fused-ring (bicyclic) bond motifs is 2. The average molecular weight is 242 g/mol. The second-order valence-corrected chi connectivity index (χ2v) is 7.24. The predicted molar refractivity (Wildman–Crippen MR) is 74.5 cm³/mol. The molecule has 0 saturated carbocycles. The number of aldehydes is 1. The molecule has 3 rings (SSSR count). The molecule has 1 heteroatoms. The normalized spacial score (nSPS) is 22.7. The van der Waals surface area contributed by atoms with Crippen molar-refractivity contribution < 1.29 is 4.79 Å². The summed E-state index contributed by atoms with van der Waals surface area (Å²) in [5.41, 5.74) is 6.98. The van der Waals surface area contributed by atoms with E-state index in [-0.39, 0.29) is 10.8 Å². The minimum atomic E-state index is 0.174. The molecule has 1 nitrogen and oxygen atoms in total. The van der Waals surface area contributed by atoms with Gasteiger partial charge in [0, 0.05) is 5.56 Å². The first-order valence-corrected chi connectivity index (χ1v) is 7.02. The van der Waals surface area contributed by atoms with Crippen molar-refractivity contribution >= 4 is 6.29 Å². The molecular weight excluding hydrogens is 220 g/mol. The van der Waals surface area contributed by atoms with Gasteiger partial charge in [-0.3, -0.25) is 4.79 Å². The molecular formula is C17H22O. The summed E-state index contributed by atoms with van der Waals surface area (Å²) in [5.74, 6) is 0. The highest BCUT2D eigenvalue weighted by Gasteiger charge is 2.39. The van der Waals surface area contributed by atoms with Crippen LogP contribution in [-0.2, 0) is 23.7 Å². The van der Waals surface area contributed by atoms with Gasteiger partial charge in [0.05, 0.1) is 0 Å².